The van der Waals surface area contributed by atoms with Gasteiger partial charge >= 0.3 is 0 Å². The first-order chi connectivity index (χ1) is 10.2. The van der Waals surface area contributed by atoms with Gasteiger partial charge in [0, 0.05) is 18.2 Å². The lowest BCUT2D eigenvalue weighted by atomic mass is 10.1. The number of carbonyl (C=O) groups excluding carboxylic acids is 1. The van der Waals surface area contributed by atoms with Gasteiger partial charge in [-0.2, -0.15) is 11.8 Å². The van der Waals surface area contributed by atoms with Crippen LogP contribution in [0, 0.1) is 0 Å². The molecule has 1 fully saturated rings. The lowest BCUT2D eigenvalue weighted by Gasteiger charge is -2.26. The first kappa shape index (κ1) is 16.2. The SMILES string of the molecule is COc1ccccc1CN(C(=O)[C@@H](N)CCSC)C1CC1. The van der Waals surface area contributed by atoms with Gasteiger partial charge in [-0.1, -0.05) is 18.2 Å². The van der Waals surface area contributed by atoms with Crippen molar-refractivity contribution < 1.29 is 9.53 Å². The lowest BCUT2D eigenvalue weighted by molar-refractivity contribution is -0.133. The number of nitrogens with zero attached hydrogens (tertiary/aromatic N) is 1. The van der Waals surface area contributed by atoms with E-state index in [9.17, 15) is 4.79 Å². The molecule has 1 amide bonds. The van der Waals surface area contributed by atoms with Crippen molar-refractivity contribution in [2.24, 2.45) is 5.73 Å². The number of nitrogens with two attached hydrogens (primary N) is 1. The number of carbonyl (C=O) groups is 1. The molecule has 0 radical (unpaired) electrons. The molecule has 1 atom stereocenters. The van der Waals surface area contributed by atoms with Crippen molar-refractivity contribution in [1.82, 2.24) is 4.90 Å². The number of methoxy groups -OCH3 is 1. The van der Waals surface area contributed by atoms with Crippen molar-refractivity contribution in [3.63, 3.8) is 0 Å². The van der Waals surface area contributed by atoms with Crippen LogP contribution in [-0.4, -0.2) is 42.0 Å². The molecular formula is C16H24N2O2S. The number of hydrogen-bond donors (Lipinski definition) is 1. The minimum atomic E-state index is -0.396. The smallest absolute Gasteiger partial charge is 0.240 e. The average Bonchev–Trinajstić information content (AvgIpc) is 3.34. The molecular weight excluding hydrogens is 284 g/mol. The summed E-state index contributed by atoms with van der Waals surface area (Å²) < 4.78 is 5.38. The summed E-state index contributed by atoms with van der Waals surface area (Å²) in [7, 11) is 1.66. The number of rotatable bonds is 8. The molecule has 116 valence electrons. The molecule has 0 aromatic heterocycles. The van der Waals surface area contributed by atoms with Gasteiger partial charge in [0.25, 0.3) is 0 Å². The normalized spacial score (nSPS) is 15.6. The van der Waals surface area contributed by atoms with E-state index in [1.807, 2.05) is 35.4 Å². The third kappa shape index (κ3) is 4.38. The van der Waals surface area contributed by atoms with Gasteiger partial charge in [-0.05, 0) is 37.3 Å². The molecule has 0 unspecified atom stereocenters. The predicted molar refractivity (Wildman–Crippen MR) is 87.5 cm³/mol. The number of amides is 1. The van der Waals surface area contributed by atoms with Crippen LogP contribution in [-0.2, 0) is 11.3 Å². The average molecular weight is 308 g/mol. The summed E-state index contributed by atoms with van der Waals surface area (Å²) in [6.07, 6.45) is 4.92. The second-order valence-corrected chi connectivity index (χ2v) is 6.38. The van der Waals surface area contributed by atoms with Crippen LogP contribution >= 0.6 is 11.8 Å². The summed E-state index contributed by atoms with van der Waals surface area (Å²) in [5, 5.41) is 0. The fourth-order valence-corrected chi connectivity index (χ4v) is 2.86. The zero-order valence-electron chi connectivity index (χ0n) is 12.7. The fraction of sp³-hybridized carbons (Fsp3) is 0.562. The van der Waals surface area contributed by atoms with Crippen molar-refractivity contribution in [3.05, 3.63) is 29.8 Å². The third-order valence-electron chi connectivity index (χ3n) is 3.75. The van der Waals surface area contributed by atoms with Crippen molar-refractivity contribution in [1.29, 1.82) is 0 Å². The highest BCUT2D eigenvalue weighted by Gasteiger charge is 2.34. The largest absolute Gasteiger partial charge is 0.496 e. The number of benzene rings is 1. The molecule has 1 aromatic rings. The topological polar surface area (TPSA) is 55.6 Å². The monoisotopic (exact) mass is 308 g/mol. The van der Waals surface area contributed by atoms with Crippen LogP contribution in [0.15, 0.2) is 24.3 Å². The maximum Gasteiger partial charge on any atom is 0.240 e. The van der Waals surface area contributed by atoms with Crippen LogP contribution in [0.25, 0.3) is 0 Å². The zero-order chi connectivity index (χ0) is 15.2. The maximum atomic E-state index is 12.6. The van der Waals surface area contributed by atoms with Gasteiger partial charge in [0.1, 0.15) is 5.75 Å². The Hall–Kier alpha value is -1.20. The van der Waals surface area contributed by atoms with Gasteiger partial charge in [-0.25, -0.2) is 0 Å². The summed E-state index contributed by atoms with van der Waals surface area (Å²) in [5.74, 6) is 1.81. The first-order valence-electron chi connectivity index (χ1n) is 7.34. The second-order valence-electron chi connectivity index (χ2n) is 5.40. The Balaban J connectivity index is 2.07. The molecule has 5 heteroatoms. The number of thioether (sulfide) groups is 1. The van der Waals surface area contributed by atoms with E-state index in [1.165, 1.54) is 0 Å². The molecule has 2 N–H and O–H groups in total. The van der Waals surface area contributed by atoms with E-state index in [2.05, 4.69) is 0 Å². The fourth-order valence-electron chi connectivity index (χ4n) is 2.37. The van der Waals surface area contributed by atoms with Crippen molar-refractivity contribution in [3.8, 4) is 5.75 Å². The highest BCUT2D eigenvalue weighted by atomic mass is 32.2. The van der Waals surface area contributed by atoms with E-state index >= 15 is 0 Å². The Morgan fingerprint density at radius 1 is 1.48 bits per heavy atom. The van der Waals surface area contributed by atoms with Crippen LogP contribution in [0.5, 0.6) is 5.75 Å². The Morgan fingerprint density at radius 2 is 2.19 bits per heavy atom. The standard InChI is InChI=1S/C16H24N2O2S/c1-20-15-6-4-3-5-12(15)11-18(13-7-8-13)16(19)14(17)9-10-21-2/h3-6,13-14H,7-11,17H2,1-2H3/t14-/m0/s1. The zero-order valence-corrected chi connectivity index (χ0v) is 13.6. The van der Waals surface area contributed by atoms with E-state index in [1.54, 1.807) is 18.9 Å². The minimum absolute atomic E-state index is 0.0671. The van der Waals surface area contributed by atoms with Gasteiger partial charge < -0.3 is 15.4 Å². The molecule has 0 bridgehead atoms. The molecule has 0 aliphatic heterocycles. The number of para-hydroxylation sites is 1. The molecule has 1 aromatic carbocycles. The molecule has 0 heterocycles. The predicted octanol–water partition coefficient (Wildman–Crippen LogP) is 2.27. The summed E-state index contributed by atoms with van der Waals surface area (Å²) >= 11 is 1.72. The van der Waals surface area contributed by atoms with E-state index in [-0.39, 0.29) is 5.91 Å². The van der Waals surface area contributed by atoms with Crippen LogP contribution < -0.4 is 10.5 Å². The minimum Gasteiger partial charge on any atom is -0.496 e. The molecule has 2 rings (SSSR count). The van der Waals surface area contributed by atoms with E-state index in [0.29, 0.717) is 12.6 Å². The molecule has 1 aliphatic rings. The van der Waals surface area contributed by atoms with Gasteiger partial charge in [0.2, 0.25) is 5.91 Å². The van der Waals surface area contributed by atoms with E-state index in [0.717, 1.165) is 36.3 Å². The Kier molecular flexibility index (Phi) is 5.94. The summed E-state index contributed by atoms with van der Waals surface area (Å²) in [5.41, 5.74) is 7.10. The van der Waals surface area contributed by atoms with Crippen molar-refractivity contribution >= 4 is 17.7 Å². The molecule has 21 heavy (non-hydrogen) atoms. The summed E-state index contributed by atoms with van der Waals surface area (Å²) in [6.45, 7) is 0.584. The molecule has 1 aliphatic carbocycles. The third-order valence-corrected chi connectivity index (χ3v) is 4.40. The van der Waals surface area contributed by atoms with Crippen LogP contribution in [0.2, 0.25) is 0 Å². The van der Waals surface area contributed by atoms with Crippen LogP contribution in [0.1, 0.15) is 24.8 Å². The Labute approximate surface area is 131 Å². The molecule has 1 saturated carbocycles. The Morgan fingerprint density at radius 3 is 2.81 bits per heavy atom. The van der Waals surface area contributed by atoms with E-state index < -0.39 is 6.04 Å². The Bertz CT molecular complexity index is 477. The van der Waals surface area contributed by atoms with Gasteiger partial charge in [-0.3, -0.25) is 4.79 Å². The highest BCUT2D eigenvalue weighted by molar-refractivity contribution is 7.98. The molecule has 0 saturated heterocycles. The van der Waals surface area contributed by atoms with Crippen molar-refractivity contribution in [2.45, 2.75) is 37.9 Å². The number of ether oxygens (including phenoxy) is 1. The molecule has 0 spiro atoms. The molecule has 4 nitrogen and oxygen atoms in total. The van der Waals surface area contributed by atoms with E-state index in [4.69, 9.17) is 10.5 Å². The first-order valence-corrected chi connectivity index (χ1v) is 8.73. The van der Waals surface area contributed by atoms with Gasteiger partial charge in [-0.15, -0.1) is 0 Å². The maximum absolute atomic E-state index is 12.6. The quantitative estimate of drug-likeness (QED) is 0.800. The van der Waals surface area contributed by atoms with Crippen LogP contribution in [0.4, 0.5) is 0 Å². The highest BCUT2D eigenvalue weighted by Crippen LogP contribution is 2.31. The summed E-state index contributed by atoms with van der Waals surface area (Å²) in [4.78, 5) is 14.5. The van der Waals surface area contributed by atoms with Gasteiger partial charge in [0.15, 0.2) is 0 Å². The number of hydrogen-bond acceptors (Lipinski definition) is 4. The second kappa shape index (κ2) is 7.71. The van der Waals surface area contributed by atoms with Crippen molar-refractivity contribution in [2.75, 3.05) is 19.1 Å². The lowest BCUT2D eigenvalue weighted by Crippen LogP contribution is -2.44. The summed E-state index contributed by atoms with van der Waals surface area (Å²) in [6, 6.07) is 7.81. The van der Waals surface area contributed by atoms with Gasteiger partial charge in [0.05, 0.1) is 13.2 Å². The van der Waals surface area contributed by atoms with Crippen LogP contribution in [0.3, 0.4) is 0 Å².